The fourth-order valence-electron chi connectivity index (χ4n) is 4.06. The molecule has 1 aliphatic carbocycles. The van der Waals surface area contributed by atoms with Gasteiger partial charge in [0.05, 0.1) is 13.5 Å². The second-order valence-corrected chi connectivity index (χ2v) is 7.99. The van der Waals surface area contributed by atoms with Crippen molar-refractivity contribution in [3.63, 3.8) is 0 Å². The van der Waals surface area contributed by atoms with E-state index in [2.05, 4.69) is 15.4 Å². The summed E-state index contributed by atoms with van der Waals surface area (Å²) in [6, 6.07) is 13.4. The number of carbonyl (C=O) groups is 4. The number of carbonyl (C=O) groups excluding carboxylic acids is 3. The largest absolute Gasteiger partial charge is 0.480 e. The Morgan fingerprint density at radius 3 is 2.06 bits per heavy atom. The molecule has 1 aliphatic rings. The van der Waals surface area contributed by atoms with Crippen molar-refractivity contribution in [3.05, 3.63) is 59.7 Å². The minimum Gasteiger partial charge on any atom is -0.480 e. The number of nitrogens with one attached hydrogen (secondary N) is 2. The minimum absolute atomic E-state index is 0.0837. The van der Waals surface area contributed by atoms with Crippen LogP contribution in [0.5, 0.6) is 0 Å². The highest BCUT2D eigenvalue weighted by Gasteiger charge is 2.31. The molecule has 2 atom stereocenters. The second kappa shape index (κ2) is 11.3. The van der Waals surface area contributed by atoms with E-state index in [1.807, 2.05) is 55.5 Å². The minimum atomic E-state index is -1.47. The van der Waals surface area contributed by atoms with Crippen molar-refractivity contribution in [2.75, 3.05) is 13.7 Å². The number of methoxy groups -OCH3 is 1. The molecule has 0 saturated heterocycles. The van der Waals surface area contributed by atoms with Crippen molar-refractivity contribution in [1.29, 1.82) is 0 Å². The first-order valence-electron chi connectivity index (χ1n) is 11.1. The molecule has 0 unspecified atom stereocenters. The second-order valence-electron chi connectivity index (χ2n) is 7.99. The van der Waals surface area contributed by atoms with Crippen LogP contribution in [-0.4, -0.2) is 54.8 Å². The fourth-order valence-corrected chi connectivity index (χ4v) is 4.06. The lowest BCUT2D eigenvalue weighted by atomic mass is 9.98. The van der Waals surface area contributed by atoms with Crippen LogP contribution >= 0.6 is 0 Å². The Balaban J connectivity index is 1.63. The molecule has 0 radical (unpaired) electrons. The van der Waals surface area contributed by atoms with Crippen molar-refractivity contribution >= 4 is 23.9 Å². The van der Waals surface area contributed by atoms with E-state index >= 15 is 0 Å². The maximum atomic E-state index is 12.6. The molecule has 9 heteroatoms. The topological polar surface area (TPSA) is 131 Å². The summed E-state index contributed by atoms with van der Waals surface area (Å²) < 4.78 is 9.95. The molecule has 0 spiro atoms. The van der Waals surface area contributed by atoms with Gasteiger partial charge in [0.15, 0.2) is 0 Å². The summed E-state index contributed by atoms with van der Waals surface area (Å²) in [5, 5.41) is 14.1. The summed E-state index contributed by atoms with van der Waals surface area (Å²) in [4.78, 5) is 48.0. The van der Waals surface area contributed by atoms with Gasteiger partial charge in [-0.05, 0) is 28.7 Å². The number of esters is 1. The summed E-state index contributed by atoms with van der Waals surface area (Å²) in [6.07, 6.45) is -0.492. The van der Waals surface area contributed by atoms with Crippen molar-refractivity contribution in [2.24, 2.45) is 0 Å². The Hall–Kier alpha value is -3.88. The zero-order valence-corrected chi connectivity index (χ0v) is 19.1. The van der Waals surface area contributed by atoms with Crippen molar-refractivity contribution in [2.45, 2.75) is 44.2 Å². The van der Waals surface area contributed by atoms with E-state index in [0.717, 1.165) is 29.4 Å². The fraction of sp³-hybridized carbons (Fsp3) is 0.360. The van der Waals surface area contributed by atoms with Gasteiger partial charge in [-0.1, -0.05) is 61.9 Å². The molecule has 0 aliphatic heterocycles. The molecule has 0 aromatic heterocycles. The molecular formula is C25H28N2O7. The number of carboxylic acid groups (broad SMARTS) is 1. The van der Waals surface area contributed by atoms with Crippen LogP contribution in [0.15, 0.2) is 48.5 Å². The van der Waals surface area contributed by atoms with Crippen LogP contribution in [-0.2, 0) is 23.9 Å². The Labute approximate surface area is 197 Å². The number of amides is 2. The first-order chi connectivity index (χ1) is 16.3. The maximum absolute atomic E-state index is 12.6. The number of benzene rings is 2. The van der Waals surface area contributed by atoms with E-state index in [-0.39, 0.29) is 18.9 Å². The van der Waals surface area contributed by atoms with Crippen LogP contribution in [0, 0.1) is 0 Å². The van der Waals surface area contributed by atoms with Crippen LogP contribution in [0.4, 0.5) is 4.79 Å². The van der Waals surface area contributed by atoms with Crippen molar-refractivity contribution < 1.29 is 33.8 Å². The average Bonchev–Trinajstić information content (AvgIpc) is 3.15. The van der Waals surface area contributed by atoms with Crippen LogP contribution in [0.3, 0.4) is 0 Å². The van der Waals surface area contributed by atoms with E-state index in [4.69, 9.17) is 4.74 Å². The number of hydrogen-bond acceptors (Lipinski definition) is 6. The molecule has 2 aromatic rings. The Morgan fingerprint density at radius 2 is 1.53 bits per heavy atom. The SMILES string of the molecule is CCC[C@@H](NC(=O)OCC1c2ccccc2-c2ccccc21)C(=O)N[C@H](CC(=O)OC)C(=O)O. The molecule has 2 aromatic carbocycles. The van der Waals surface area contributed by atoms with Crippen molar-refractivity contribution in [3.8, 4) is 11.1 Å². The van der Waals surface area contributed by atoms with Crippen molar-refractivity contribution in [1.82, 2.24) is 10.6 Å². The van der Waals surface area contributed by atoms with Crippen LogP contribution in [0.2, 0.25) is 0 Å². The molecule has 9 nitrogen and oxygen atoms in total. The molecule has 2 amide bonds. The van der Waals surface area contributed by atoms with E-state index < -0.39 is 42.4 Å². The number of ether oxygens (including phenoxy) is 2. The number of rotatable bonds is 10. The molecule has 3 N–H and O–H groups in total. The predicted octanol–water partition coefficient (Wildman–Crippen LogP) is 2.83. The van der Waals surface area contributed by atoms with Gasteiger partial charge in [-0.15, -0.1) is 0 Å². The monoisotopic (exact) mass is 468 g/mol. The lowest BCUT2D eigenvalue weighted by Gasteiger charge is -2.21. The van der Waals surface area contributed by atoms with E-state index in [0.29, 0.717) is 6.42 Å². The van der Waals surface area contributed by atoms with Crippen LogP contribution in [0.25, 0.3) is 11.1 Å². The lowest BCUT2D eigenvalue weighted by Crippen LogP contribution is -2.52. The Bertz CT molecular complexity index is 1020. The lowest BCUT2D eigenvalue weighted by molar-refractivity contribution is -0.149. The zero-order valence-electron chi connectivity index (χ0n) is 19.1. The summed E-state index contributed by atoms with van der Waals surface area (Å²) >= 11 is 0. The molecule has 3 rings (SSSR count). The molecule has 0 fully saturated rings. The summed E-state index contributed by atoms with van der Waals surface area (Å²) in [7, 11) is 1.13. The van der Waals surface area contributed by atoms with Gasteiger partial charge in [0.1, 0.15) is 18.7 Å². The summed E-state index contributed by atoms with van der Waals surface area (Å²) in [6.45, 7) is 1.91. The third-order valence-electron chi connectivity index (χ3n) is 5.74. The number of fused-ring (bicyclic) bond motifs is 3. The molecular weight excluding hydrogens is 440 g/mol. The van der Waals surface area contributed by atoms with Gasteiger partial charge in [-0.3, -0.25) is 9.59 Å². The molecule has 0 bridgehead atoms. The highest BCUT2D eigenvalue weighted by Crippen LogP contribution is 2.44. The molecule has 180 valence electrons. The summed E-state index contributed by atoms with van der Waals surface area (Å²) in [5.41, 5.74) is 4.32. The molecule has 34 heavy (non-hydrogen) atoms. The first-order valence-corrected chi connectivity index (χ1v) is 11.1. The number of alkyl carbamates (subject to hydrolysis) is 1. The Kier molecular flexibility index (Phi) is 8.24. The number of aliphatic carboxylic acids is 1. The van der Waals surface area contributed by atoms with E-state index in [9.17, 15) is 24.3 Å². The molecule has 0 saturated carbocycles. The molecule has 0 heterocycles. The third-order valence-corrected chi connectivity index (χ3v) is 5.74. The van der Waals surface area contributed by atoms with Gasteiger partial charge in [0.2, 0.25) is 5.91 Å². The quantitative estimate of drug-likeness (QED) is 0.457. The van der Waals surface area contributed by atoms with Gasteiger partial charge in [0, 0.05) is 5.92 Å². The maximum Gasteiger partial charge on any atom is 0.407 e. The highest BCUT2D eigenvalue weighted by molar-refractivity contribution is 5.91. The normalized spacial score (nSPS) is 13.7. The average molecular weight is 469 g/mol. The van der Waals surface area contributed by atoms with Gasteiger partial charge < -0.3 is 25.2 Å². The summed E-state index contributed by atoms with van der Waals surface area (Å²) in [5.74, 6) is -3.00. The standard InChI is InChI=1S/C25H28N2O7/c1-3-8-20(23(29)26-21(24(30)31)13-22(28)33-2)27-25(32)34-14-19-17-11-6-4-9-15(17)16-10-5-7-12-18(16)19/h4-7,9-12,19-21H,3,8,13-14H2,1-2H3,(H,26,29)(H,27,32)(H,30,31)/t20-,21-/m1/s1. The number of carboxylic acids is 1. The Morgan fingerprint density at radius 1 is 0.941 bits per heavy atom. The predicted molar refractivity (Wildman–Crippen MR) is 123 cm³/mol. The van der Waals surface area contributed by atoms with Gasteiger partial charge in [0.25, 0.3) is 0 Å². The highest BCUT2D eigenvalue weighted by atomic mass is 16.5. The van der Waals surface area contributed by atoms with Gasteiger partial charge in [-0.25, -0.2) is 9.59 Å². The first kappa shape index (κ1) is 24.8. The van der Waals surface area contributed by atoms with Crippen LogP contribution in [0.1, 0.15) is 43.2 Å². The van der Waals surface area contributed by atoms with E-state index in [1.165, 1.54) is 0 Å². The number of hydrogen-bond donors (Lipinski definition) is 3. The smallest absolute Gasteiger partial charge is 0.407 e. The van der Waals surface area contributed by atoms with E-state index in [1.54, 1.807) is 0 Å². The zero-order chi connectivity index (χ0) is 24.7. The van der Waals surface area contributed by atoms with Crippen LogP contribution < -0.4 is 10.6 Å². The third kappa shape index (κ3) is 5.72. The van der Waals surface area contributed by atoms with Gasteiger partial charge in [-0.2, -0.15) is 0 Å². The van der Waals surface area contributed by atoms with Gasteiger partial charge >= 0.3 is 18.0 Å².